The van der Waals surface area contributed by atoms with Gasteiger partial charge in [0, 0.05) is 17.5 Å². The molecule has 5 nitrogen and oxygen atoms in total. The van der Waals surface area contributed by atoms with Crippen LogP contribution in [0.25, 0.3) is 0 Å². The number of nitrogens with zero attached hydrogens (tertiary/aromatic N) is 4. The number of allylic oxidation sites excluding steroid dienone is 1. The van der Waals surface area contributed by atoms with Crippen LogP contribution in [0.3, 0.4) is 0 Å². The molecule has 0 radical (unpaired) electrons. The standard InChI is InChI=1S/C28H25ClN4OS/c1-19(2)21-12-14-22(15-13-21)26-16-17-28(32(30-26)24-9-5-4-6-10-24)33(31-27(35-28)20(3)34)25-11-7-8-23(29)18-25/h4-19H,1-3H3/t28-/m1/s1. The summed E-state index contributed by atoms with van der Waals surface area (Å²) in [5, 5.41) is 14.6. The first-order valence-electron chi connectivity index (χ1n) is 11.5. The Kier molecular flexibility index (Phi) is 6.26. The van der Waals surface area contributed by atoms with Crippen LogP contribution >= 0.6 is 23.4 Å². The molecular weight excluding hydrogens is 476 g/mol. The average Bonchev–Trinajstić information content (AvgIpc) is 3.25. The van der Waals surface area contributed by atoms with Crippen molar-refractivity contribution in [2.75, 3.05) is 10.0 Å². The molecule has 2 aliphatic rings. The van der Waals surface area contributed by atoms with E-state index in [1.807, 2.05) is 70.7 Å². The maximum absolute atomic E-state index is 12.4. The van der Waals surface area contributed by atoms with E-state index in [4.69, 9.17) is 21.8 Å². The third kappa shape index (κ3) is 4.40. The topological polar surface area (TPSA) is 48.3 Å². The van der Waals surface area contributed by atoms with E-state index in [2.05, 4.69) is 44.2 Å². The summed E-state index contributed by atoms with van der Waals surface area (Å²) in [5.41, 5.74) is 4.78. The van der Waals surface area contributed by atoms with Crippen molar-refractivity contribution in [3.63, 3.8) is 0 Å². The van der Waals surface area contributed by atoms with E-state index < -0.39 is 4.99 Å². The molecule has 0 N–H and O–H groups in total. The van der Waals surface area contributed by atoms with Crippen LogP contribution in [0.4, 0.5) is 11.4 Å². The van der Waals surface area contributed by atoms with Crippen LogP contribution in [0.5, 0.6) is 0 Å². The number of rotatable bonds is 5. The fraction of sp³-hybridized carbons (Fsp3) is 0.179. The minimum atomic E-state index is -0.908. The van der Waals surface area contributed by atoms with Gasteiger partial charge < -0.3 is 0 Å². The van der Waals surface area contributed by atoms with E-state index in [-0.39, 0.29) is 5.78 Å². The third-order valence-electron chi connectivity index (χ3n) is 5.94. The normalized spacial score (nSPS) is 19.3. The second-order valence-corrected chi connectivity index (χ2v) is 10.4. The molecule has 0 saturated carbocycles. The molecular formula is C28H25ClN4OS. The molecule has 176 valence electrons. The van der Waals surface area contributed by atoms with E-state index in [1.165, 1.54) is 24.2 Å². The molecule has 0 bridgehead atoms. The molecule has 2 aliphatic heterocycles. The van der Waals surface area contributed by atoms with Crippen molar-refractivity contribution in [3.8, 4) is 0 Å². The number of hydrogen-bond donors (Lipinski definition) is 0. The van der Waals surface area contributed by atoms with Crippen molar-refractivity contribution in [1.82, 2.24) is 0 Å². The monoisotopic (exact) mass is 500 g/mol. The zero-order chi connectivity index (χ0) is 24.6. The van der Waals surface area contributed by atoms with Gasteiger partial charge in [-0.2, -0.15) is 10.2 Å². The molecule has 1 spiro atoms. The molecule has 0 fully saturated rings. The Labute approximate surface area is 214 Å². The molecule has 0 saturated heterocycles. The number of thioether (sulfide) groups is 1. The van der Waals surface area contributed by atoms with Gasteiger partial charge in [-0.25, -0.2) is 10.0 Å². The Bertz CT molecular complexity index is 1350. The first kappa shape index (κ1) is 23.4. The number of carbonyl (C=O) groups excluding carboxylic acids is 1. The van der Waals surface area contributed by atoms with Crippen molar-refractivity contribution in [2.45, 2.75) is 31.7 Å². The predicted molar refractivity (Wildman–Crippen MR) is 147 cm³/mol. The lowest BCUT2D eigenvalue weighted by molar-refractivity contribution is -0.110. The first-order valence-corrected chi connectivity index (χ1v) is 12.6. The van der Waals surface area contributed by atoms with E-state index in [0.717, 1.165) is 22.6 Å². The van der Waals surface area contributed by atoms with Gasteiger partial charge in [0.2, 0.25) is 4.99 Å². The summed E-state index contributed by atoms with van der Waals surface area (Å²) < 4.78 is 0. The van der Waals surface area contributed by atoms with Crippen LogP contribution in [0, 0.1) is 0 Å². The van der Waals surface area contributed by atoms with Crippen LogP contribution in [0.15, 0.2) is 101 Å². The molecule has 2 heterocycles. The van der Waals surface area contributed by atoms with Crippen LogP contribution in [-0.4, -0.2) is 21.5 Å². The second-order valence-electron chi connectivity index (χ2n) is 8.76. The van der Waals surface area contributed by atoms with Crippen LogP contribution in [0.2, 0.25) is 5.02 Å². The van der Waals surface area contributed by atoms with Gasteiger partial charge in [-0.1, -0.05) is 74.0 Å². The molecule has 0 unspecified atom stereocenters. The zero-order valence-electron chi connectivity index (χ0n) is 19.7. The molecule has 0 amide bonds. The van der Waals surface area contributed by atoms with Gasteiger partial charge in [0.05, 0.1) is 17.1 Å². The maximum atomic E-state index is 12.4. The molecule has 0 aliphatic carbocycles. The number of ketones is 1. The summed E-state index contributed by atoms with van der Waals surface area (Å²) in [6, 6.07) is 25.9. The number of benzene rings is 3. The first-order chi connectivity index (χ1) is 16.9. The van der Waals surface area contributed by atoms with Gasteiger partial charge in [-0.15, -0.1) is 0 Å². The number of carbonyl (C=O) groups is 1. The van der Waals surface area contributed by atoms with Gasteiger partial charge >= 0.3 is 0 Å². The Morgan fingerprint density at radius 3 is 2.26 bits per heavy atom. The number of halogens is 1. The molecule has 35 heavy (non-hydrogen) atoms. The Morgan fingerprint density at radius 1 is 0.914 bits per heavy atom. The van der Waals surface area contributed by atoms with Crippen molar-refractivity contribution in [3.05, 3.63) is 107 Å². The van der Waals surface area contributed by atoms with Gasteiger partial charge in [-0.05, 0) is 65.7 Å². The summed E-state index contributed by atoms with van der Waals surface area (Å²) in [4.78, 5) is 11.5. The lowest BCUT2D eigenvalue weighted by Crippen LogP contribution is -2.53. The van der Waals surface area contributed by atoms with Crippen molar-refractivity contribution >= 4 is 51.3 Å². The lowest BCUT2D eigenvalue weighted by Gasteiger charge is -2.43. The summed E-state index contributed by atoms with van der Waals surface area (Å²) in [6.07, 6.45) is 4.07. The van der Waals surface area contributed by atoms with Crippen molar-refractivity contribution in [2.24, 2.45) is 10.2 Å². The molecule has 3 aromatic carbocycles. The molecule has 0 aromatic heterocycles. The van der Waals surface area contributed by atoms with Gasteiger partial charge in [0.1, 0.15) is 0 Å². The summed E-state index contributed by atoms with van der Waals surface area (Å²) in [6.45, 7) is 5.90. The third-order valence-corrected chi connectivity index (χ3v) is 7.52. The van der Waals surface area contributed by atoms with E-state index in [0.29, 0.717) is 16.0 Å². The van der Waals surface area contributed by atoms with E-state index >= 15 is 0 Å². The highest BCUT2D eigenvalue weighted by molar-refractivity contribution is 8.17. The Balaban J connectivity index is 1.64. The SMILES string of the molecule is CC(=O)C1=NN(c2cccc(Cl)c2)[C@]2(C=CC(c3ccc(C(C)C)cc3)=NN2c2ccccc2)S1. The highest BCUT2D eigenvalue weighted by Gasteiger charge is 2.51. The fourth-order valence-corrected chi connectivity index (χ4v) is 5.41. The van der Waals surface area contributed by atoms with Crippen molar-refractivity contribution < 1.29 is 4.79 Å². The lowest BCUT2D eigenvalue weighted by atomic mass is 10.00. The Morgan fingerprint density at radius 2 is 1.60 bits per heavy atom. The van der Waals surface area contributed by atoms with Gasteiger partial charge in [-0.3, -0.25) is 4.79 Å². The minimum Gasteiger partial charge on any atom is -0.292 e. The quantitative estimate of drug-likeness (QED) is 0.376. The van der Waals surface area contributed by atoms with E-state index in [1.54, 1.807) is 0 Å². The van der Waals surface area contributed by atoms with E-state index in [9.17, 15) is 4.79 Å². The van der Waals surface area contributed by atoms with Gasteiger partial charge in [0.15, 0.2) is 10.8 Å². The average molecular weight is 501 g/mol. The van der Waals surface area contributed by atoms with Gasteiger partial charge in [0.25, 0.3) is 0 Å². The molecule has 3 aromatic rings. The fourth-order valence-electron chi connectivity index (χ4n) is 4.07. The highest BCUT2D eigenvalue weighted by atomic mass is 35.5. The molecule has 5 rings (SSSR count). The zero-order valence-corrected chi connectivity index (χ0v) is 21.3. The predicted octanol–water partition coefficient (Wildman–Crippen LogP) is 7.05. The number of hydrogen-bond acceptors (Lipinski definition) is 6. The molecule has 1 atom stereocenters. The maximum Gasteiger partial charge on any atom is 0.227 e. The smallest absolute Gasteiger partial charge is 0.227 e. The largest absolute Gasteiger partial charge is 0.292 e. The van der Waals surface area contributed by atoms with Crippen LogP contribution in [0.1, 0.15) is 37.8 Å². The number of para-hydroxylation sites is 1. The Hall–Kier alpha value is -3.35. The van der Waals surface area contributed by atoms with Crippen molar-refractivity contribution in [1.29, 1.82) is 0 Å². The minimum absolute atomic E-state index is 0.0978. The summed E-state index contributed by atoms with van der Waals surface area (Å²) in [7, 11) is 0. The van der Waals surface area contributed by atoms with Crippen LogP contribution < -0.4 is 10.0 Å². The van der Waals surface area contributed by atoms with Crippen LogP contribution in [-0.2, 0) is 4.79 Å². The summed E-state index contributed by atoms with van der Waals surface area (Å²) in [5.74, 6) is 0.361. The number of Topliss-reactive ketones (excluding diaryl/α,β-unsaturated/α-hetero) is 1. The second kappa shape index (κ2) is 9.36. The summed E-state index contributed by atoms with van der Waals surface area (Å²) >= 11 is 7.71. The highest BCUT2D eigenvalue weighted by Crippen LogP contribution is 2.48. The number of hydrazone groups is 2. The number of anilines is 2. The molecule has 7 heteroatoms.